The number of methoxy groups -OCH3 is 1. The summed E-state index contributed by atoms with van der Waals surface area (Å²) < 4.78 is 18.6. The minimum Gasteiger partial charge on any atom is -0.381 e. The van der Waals surface area contributed by atoms with Gasteiger partial charge in [-0.3, -0.25) is 4.90 Å². The number of hydrogen-bond donors (Lipinski definition) is 1. The topological polar surface area (TPSA) is 38.5 Å². The van der Waals surface area contributed by atoms with Gasteiger partial charge < -0.3 is 10.5 Å². The van der Waals surface area contributed by atoms with Crippen LogP contribution in [0, 0.1) is 5.82 Å². The Kier molecular flexibility index (Phi) is 4.69. The van der Waals surface area contributed by atoms with Crippen molar-refractivity contribution in [1.29, 1.82) is 0 Å². The molecule has 2 N–H and O–H groups in total. The number of ether oxygens (including phenoxy) is 1. The van der Waals surface area contributed by atoms with E-state index in [-0.39, 0.29) is 5.82 Å². The highest BCUT2D eigenvalue weighted by Gasteiger charge is 2.27. The summed E-state index contributed by atoms with van der Waals surface area (Å²) in [7, 11) is 1.75. The highest BCUT2D eigenvalue weighted by molar-refractivity contribution is 5.16. The summed E-state index contributed by atoms with van der Waals surface area (Å²) in [6.07, 6.45) is 2.28. The van der Waals surface area contributed by atoms with Gasteiger partial charge in [-0.05, 0) is 30.5 Å². The van der Waals surface area contributed by atoms with Gasteiger partial charge in [-0.15, -0.1) is 0 Å². The summed E-state index contributed by atoms with van der Waals surface area (Å²) in [5.41, 5.74) is 6.83. The highest BCUT2D eigenvalue weighted by atomic mass is 19.1. The van der Waals surface area contributed by atoms with Crippen LogP contribution in [-0.4, -0.2) is 37.2 Å². The van der Waals surface area contributed by atoms with Crippen molar-refractivity contribution in [2.45, 2.75) is 31.5 Å². The van der Waals surface area contributed by atoms with Crippen molar-refractivity contribution >= 4 is 0 Å². The Morgan fingerprint density at radius 2 is 2.33 bits per heavy atom. The molecular formula is C14H21FN2O. The molecule has 100 valence electrons. The Morgan fingerprint density at radius 1 is 1.50 bits per heavy atom. The zero-order valence-corrected chi connectivity index (χ0v) is 10.8. The Bertz CT molecular complexity index is 386. The molecule has 4 heteroatoms. The van der Waals surface area contributed by atoms with E-state index in [0.717, 1.165) is 31.5 Å². The lowest BCUT2D eigenvalue weighted by Crippen LogP contribution is -2.47. The second-order valence-electron chi connectivity index (χ2n) is 4.87. The third kappa shape index (κ3) is 3.28. The number of rotatable bonds is 4. The van der Waals surface area contributed by atoms with Gasteiger partial charge in [0.25, 0.3) is 0 Å². The minimum atomic E-state index is -0.177. The maximum absolute atomic E-state index is 13.2. The Balaban J connectivity index is 2.00. The first-order valence-corrected chi connectivity index (χ1v) is 6.44. The van der Waals surface area contributed by atoms with Crippen molar-refractivity contribution in [3.05, 3.63) is 35.6 Å². The van der Waals surface area contributed by atoms with Crippen LogP contribution in [0.5, 0.6) is 0 Å². The highest BCUT2D eigenvalue weighted by Crippen LogP contribution is 2.21. The van der Waals surface area contributed by atoms with E-state index in [4.69, 9.17) is 10.5 Å². The number of likely N-dealkylation sites (tertiary alicyclic amines) is 1. The number of nitrogens with two attached hydrogens (primary N) is 1. The fraction of sp³-hybridized carbons (Fsp3) is 0.571. The molecule has 1 aliphatic heterocycles. The van der Waals surface area contributed by atoms with Crippen LogP contribution in [-0.2, 0) is 11.3 Å². The largest absolute Gasteiger partial charge is 0.381 e. The predicted octanol–water partition coefficient (Wildman–Crippen LogP) is 1.76. The maximum atomic E-state index is 13.2. The van der Waals surface area contributed by atoms with Crippen LogP contribution in [0.25, 0.3) is 0 Å². The summed E-state index contributed by atoms with van der Waals surface area (Å²) in [6.45, 7) is 2.34. The molecule has 0 saturated carbocycles. The van der Waals surface area contributed by atoms with Crippen molar-refractivity contribution in [3.8, 4) is 0 Å². The lowest BCUT2D eigenvalue weighted by atomic mass is 9.98. The Hall–Kier alpha value is -0.970. The molecule has 2 unspecified atom stereocenters. The van der Waals surface area contributed by atoms with E-state index in [2.05, 4.69) is 4.90 Å². The molecule has 1 heterocycles. The average Bonchev–Trinajstić information content (AvgIpc) is 2.39. The van der Waals surface area contributed by atoms with Crippen molar-refractivity contribution in [1.82, 2.24) is 4.90 Å². The minimum absolute atomic E-state index is 0.177. The van der Waals surface area contributed by atoms with E-state index in [9.17, 15) is 4.39 Å². The maximum Gasteiger partial charge on any atom is 0.123 e. The number of halogens is 1. The van der Waals surface area contributed by atoms with Gasteiger partial charge in [0.2, 0.25) is 0 Å². The molecule has 1 aromatic carbocycles. The molecule has 18 heavy (non-hydrogen) atoms. The van der Waals surface area contributed by atoms with Crippen LogP contribution >= 0.6 is 0 Å². The van der Waals surface area contributed by atoms with Gasteiger partial charge in [-0.1, -0.05) is 12.1 Å². The number of piperidine rings is 1. The van der Waals surface area contributed by atoms with Crippen LogP contribution in [0.1, 0.15) is 18.4 Å². The molecule has 1 aliphatic rings. The van der Waals surface area contributed by atoms with Gasteiger partial charge in [-0.25, -0.2) is 4.39 Å². The Morgan fingerprint density at radius 3 is 3.00 bits per heavy atom. The quantitative estimate of drug-likeness (QED) is 0.887. The first-order valence-electron chi connectivity index (χ1n) is 6.44. The van der Waals surface area contributed by atoms with Crippen LogP contribution in [0.15, 0.2) is 24.3 Å². The zero-order valence-electron chi connectivity index (χ0n) is 10.8. The van der Waals surface area contributed by atoms with E-state index in [1.54, 1.807) is 19.2 Å². The molecule has 1 aromatic rings. The zero-order chi connectivity index (χ0) is 13.0. The fourth-order valence-electron chi connectivity index (χ4n) is 2.60. The van der Waals surface area contributed by atoms with Gasteiger partial charge >= 0.3 is 0 Å². The standard InChI is InChI=1S/C14H21FN2O/c1-18-14-5-6-17(13(8-14)9-16)10-11-3-2-4-12(15)7-11/h2-4,7,13-14H,5-6,8-10,16H2,1H3. The number of hydrogen-bond acceptors (Lipinski definition) is 3. The second-order valence-corrected chi connectivity index (χ2v) is 4.87. The van der Waals surface area contributed by atoms with E-state index in [1.807, 2.05) is 6.07 Å². The summed E-state index contributed by atoms with van der Waals surface area (Å²) in [5, 5.41) is 0. The van der Waals surface area contributed by atoms with E-state index >= 15 is 0 Å². The molecule has 1 saturated heterocycles. The van der Waals surface area contributed by atoms with Gasteiger partial charge in [0.05, 0.1) is 6.10 Å². The molecule has 3 nitrogen and oxygen atoms in total. The molecule has 0 aromatic heterocycles. The fourth-order valence-corrected chi connectivity index (χ4v) is 2.60. The van der Waals surface area contributed by atoms with Crippen molar-refractivity contribution in [2.24, 2.45) is 5.73 Å². The smallest absolute Gasteiger partial charge is 0.123 e. The molecular weight excluding hydrogens is 231 g/mol. The summed E-state index contributed by atoms with van der Waals surface area (Å²) in [6, 6.07) is 7.10. The van der Waals surface area contributed by atoms with E-state index < -0.39 is 0 Å². The van der Waals surface area contributed by atoms with Crippen LogP contribution in [0.4, 0.5) is 4.39 Å². The summed E-state index contributed by atoms with van der Waals surface area (Å²) in [5.74, 6) is -0.177. The van der Waals surface area contributed by atoms with Crippen molar-refractivity contribution in [2.75, 3.05) is 20.2 Å². The lowest BCUT2D eigenvalue weighted by molar-refractivity contribution is 0.0102. The lowest BCUT2D eigenvalue weighted by Gasteiger charge is -2.38. The van der Waals surface area contributed by atoms with Crippen molar-refractivity contribution in [3.63, 3.8) is 0 Å². The molecule has 2 rings (SSSR count). The van der Waals surface area contributed by atoms with E-state index in [1.165, 1.54) is 6.07 Å². The van der Waals surface area contributed by atoms with Crippen LogP contribution in [0.3, 0.4) is 0 Å². The molecule has 1 fully saturated rings. The predicted molar refractivity (Wildman–Crippen MR) is 69.7 cm³/mol. The van der Waals surface area contributed by atoms with Gasteiger partial charge in [0.15, 0.2) is 0 Å². The van der Waals surface area contributed by atoms with Gasteiger partial charge in [-0.2, -0.15) is 0 Å². The third-order valence-electron chi connectivity index (χ3n) is 3.67. The first-order chi connectivity index (χ1) is 8.72. The van der Waals surface area contributed by atoms with Crippen LogP contribution in [0.2, 0.25) is 0 Å². The molecule has 2 atom stereocenters. The number of benzene rings is 1. The molecule has 0 spiro atoms. The van der Waals surface area contributed by atoms with Gasteiger partial charge in [0, 0.05) is 32.8 Å². The van der Waals surface area contributed by atoms with E-state index in [0.29, 0.717) is 18.7 Å². The molecule has 0 radical (unpaired) electrons. The number of nitrogens with zero attached hydrogens (tertiary/aromatic N) is 1. The van der Waals surface area contributed by atoms with Crippen LogP contribution < -0.4 is 5.73 Å². The normalized spacial score (nSPS) is 25.3. The summed E-state index contributed by atoms with van der Waals surface area (Å²) in [4.78, 5) is 2.32. The Labute approximate surface area is 108 Å². The average molecular weight is 252 g/mol. The SMILES string of the molecule is COC1CCN(Cc2cccc(F)c2)C(CN)C1. The third-order valence-corrected chi connectivity index (χ3v) is 3.67. The van der Waals surface area contributed by atoms with Gasteiger partial charge in [0.1, 0.15) is 5.82 Å². The molecule has 0 aliphatic carbocycles. The molecule has 0 amide bonds. The monoisotopic (exact) mass is 252 g/mol. The first kappa shape index (κ1) is 13.5. The van der Waals surface area contributed by atoms with Crippen molar-refractivity contribution < 1.29 is 9.13 Å². The summed E-state index contributed by atoms with van der Waals surface area (Å²) >= 11 is 0. The molecule has 0 bridgehead atoms. The second kappa shape index (κ2) is 6.27.